The molecule has 1 amide bonds. The molecular weight excluding hydrogens is 252 g/mol. The molecule has 2 atom stereocenters. The van der Waals surface area contributed by atoms with Gasteiger partial charge in [-0.25, -0.2) is 0 Å². The molecule has 1 aromatic rings. The highest BCUT2D eigenvalue weighted by molar-refractivity contribution is 5.73. The number of amides is 1. The maximum absolute atomic E-state index is 11.2. The smallest absolute Gasteiger partial charge is 0.217 e. The number of benzene rings is 1. The van der Waals surface area contributed by atoms with E-state index >= 15 is 0 Å². The van der Waals surface area contributed by atoms with Crippen LogP contribution in [-0.2, 0) is 16.1 Å². The van der Waals surface area contributed by atoms with Crippen LogP contribution in [0.4, 0.5) is 0 Å². The lowest BCUT2D eigenvalue weighted by Crippen LogP contribution is -2.60. The zero-order valence-corrected chi connectivity index (χ0v) is 11.9. The Hall–Kier alpha value is -1.39. The summed E-state index contributed by atoms with van der Waals surface area (Å²) in [6, 6.07) is 11.7. The second-order valence-corrected chi connectivity index (χ2v) is 5.87. The molecule has 0 aromatic heterocycles. The van der Waals surface area contributed by atoms with E-state index in [0.717, 1.165) is 32.6 Å². The van der Waals surface area contributed by atoms with Crippen LogP contribution in [0.25, 0.3) is 0 Å². The van der Waals surface area contributed by atoms with Crippen LogP contribution >= 0.6 is 0 Å². The van der Waals surface area contributed by atoms with Crippen LogP contribution in [-0.4, -0.2) is 42.1 Å². The highest BCUT2D eigenvalue weighted by atomic mass is 16.5. The van der Waals surface area contributed by atoms with E-state index in [1.54, 1.807) is 6.92 Å². The molecule has 0 saturated carbocycles. The molecule has 2 aliphatic heterocycles. The van der Waals surface area contributed by atoms with Crippen LogP contribution in [0.1, 0.15) is 25.3 Å². The molecule has 20 heavy (non-hydrogen) atoms. The van der Waals surface area contributed by atoms with E-state index in [1.165, 1.54) is 5.56 Å². The summed E-state index contributed by atoms with van der Waals surface area (Å²) in [6.07, 6.45) is 1.98. The Balaban J connectivity index is 1.69. The van der Waals surface area contributed by atoms with E-state index in [1.807, 2.05) is 0 Å². The van der Waals surface area contributed by atoms with Crippen LogP contribution in [0, 0.1) is 0 Å². The predicted octanol–water partition coefficient (Wildman–Crippen LogP) is 1.55. The van der Waals surface area contributed by atoms with Gasteiger partial charge in [-0.1, -0.05) is 30.3 Å². The van der Waals surface area contributed by atoms with Crippen molar-refractivity contribution in [3.63, 3.8) is 0 Å². The number of nitrogens with one attached hydrogen (secondary N) is 1. The second-order valence-electron chi connectivity index (χ2n) is 5.87. The highest BCUT2D eigenvalue weighted by Crippen LogP contribution is 2.29. The van der Waals surface area contributed by atoms with E-state index < -0.39 is 0 Å². The minimum atomic E-state index is 0.0745. The van der Waals surface area contributed by atoms with Crippen LogP contribution < -0.4 is 5.32 Å². The molecule has 2 unspecified atom stereocenters. The molecule has 3 rings (SSSR count). The van der Waals surface area contributed by atoms with Crippen molar-refractivity contribution in [3.05, 3.63) is 35.9 Å². The average molecular weight is 274 g/mol. The van der Waals surface area contributed by atoms with Crippen molar-refractivity contribution < 1.29 is 9.53 Å². The van der Waals surface area contributed by atoms with Gasteiger partial charge in [0.25, 0.3) is 0 Å². The zero-order chi connectivity index (χ0) is 13.9. The topological polar surface area (TPSA) is 41.6 Å². The van der Waals surface area contributed by atoms with E-state index in [9.17, 15) is 4.79 Å². The van der Waals surface area contributed by atoms with Crippen molar-refractivity contribution in [1.82, 2.24) is 10.2 Å². The molecule has 2 fully saturated rings. The van der Waals surface area contributed by atoms with Gasteiger partial charge in [0.15, 0.2) is 0 Å². The Kier molecular flexibility index (Phi) is 4.03. The van der Waals surface area contributed by atoms with E-state index in [0.29, 0.717) is 18.1 Å². The fourth-order valence-electron chi connectivity index (χ4n) is 3.45. The number of hydrogen-bond donors (Lipinski definition) is 1. The Labute approximate surface area is 120 Å². The summed E-state index contributed by atoms with van der Waals surface area (Å²) in [5.74, 6) is 0.0745. The molecule has 0 radical (unpaired) electrons. The van der Waals surface area contributed by atoms with Crippen molar-refractivity contribution in [3.8, 4) is 0 Å². The fraction of sp³-hybridized carbons (Fsp3) is 0.562. The lowest BCUT2D eigenvalue weighted by atomic mass is 9.89. The van der Waals surface area contributed by atoms with Gasteiger partial charge in [-0.15, -0.1) is 0 Å². The number of nitrogens with zero attached hydrogens (tertiary/aromatic N) is 1. The number of carbonyl (C=O) groups is 1. The minimum absolute atomic E-state index is 0.0745. The Morgan fingerprint density at radius 2 is 1.90 bits per heavy atom. The van der Waals surface area contributed by atoms with Crippen molar-refractivity contribution >= 4 is 5.91 Å². The van der Waals surface area contributed by atoms with Crippen LogP contribution in [0.5, 0.6) is 0 Å². The first-order valence-electron chi connectivity index (χ1n) is 7.37. The lowest BCUT2D eigenvalue weighted by molar-refractivity contribution is -0.122. The van der Waals surface area contributed by atoms with E-state index in [2.05, 4.69) is 40.5 Å². The van der Waals surface area contributed by atoms with Gasteiger partial charge < -0.3 is 10.1 Å². The summed E-state index contributed by atoms with van der Waals surface area (Å²) in [5, 5.41) is 3.07. The van der Waals surface area contributed by atoms with Gasteiger partial charge in [0.1, 0.15) is 0 Å². The largest absolute Gasteiger partial charge is 0.378 e. The standard InChI is InChI=1S/C16H22N2O2/c1-12(19)17-14-7-15-10-20-11-16(8-14)18(15)9-13-5-3-2-4-6-13/h2-6,14-16H,7-11H2,1H3,(H,17,19). The molecule has 0 spiro atoms. The average Bonchev–Trinajstić information content (AvgIpc) is 2.40. The third-order valence-corrected chi connectivity index (χ3v) is 4.29. The Morgan fingerprint density at radius 3 is 2.50 bits per heavy atom. The van der Waals surface area contributed by atoms with Crippen molar-refractivity contribution in [2.75, 3.05) is 13.2 Å². The normalized spacial score (nSPS) is 29.9. The highest BCUT2D eigenvalue weighted by Gasteiger charge is 2.39. The molecule has 1 N–H and O–H groups in total. The summed E-state index contributed by atoms with van der Waals surface area (Å²) >= 11 is 0. The SMILES string of the molecule is CC(=O)NC1CC2COCC(C1)N2Cc1ccccc1. The van der Waals surface area contributed by atoms with E-state index in [-0.39, 0.29) is 5.91 Å². The maximum atomic E-state index is 11.2. The van der Waals surface area contributed by atoms with Gasteiger partial charge in [0.05, 0.1) is 13.2 Å². The fourth-order valence-corrected chi connectivity index (χ4v) is 3.45. The summed E-state index contributed by atoms with van der Waals surface area (Å²) in [7, 11) is 0. The number of carbonyl (C=O) groups excluding carboxylic acids is 1. The monoisotopic (exact) mass is 274 g/mol. The first-order chi connectivity index (χ1) is 9.72. The molecule has 2 heterocycles. The number of hydrogen-bond acceptors (Lipinski definition) is 3. The second kappa shape index (κ2) is 5.94. The summed E-state index contributed by atoms with van der Waals surface area (Å²) in [5.41, 5.74) is 1.35. The summed E-state index contributed by atoms with van der Waals surface area (Å²) in [6.45, 7) is 4.13. The first-order valence-corrected chi connectivity index (χ1v) is 7.37. The lowest BCUT2D eigenvalue weighted by Gasteiger charge is -2.48. The number of ether oxygens (including phenoxy) is 1. The molecule has 2 aliphatic rings. The van der Waals surface area contributed by atoms with Crippen molar-refractivity contribution in [1.29, 1.82) is 0 Å². The number of piperidine rings is 1. The molecular formula is C16H22N2O2. The third-order valence-electron chi connectivity index (χ3n) is 4.29. The Morgan fingerprint density at radius 1 is 1.25 bits per heavy atom. The number of morpholine rings is 1. The summed E-state index contributed by atoms with van der Waals surface area (Å²) in [4.78, 5) is 13.8. The minimum Gasteiger partial charge on any atom is -0.378 e. The van der Waals surface area contributed by atoms with Gasteiger partial charge in [-0.05, 0) is 18.4 Å². The van der Waals surface area contributed by atoms with Gasteiger partial charge in [0.2, 0.25) is 5.91 Å². The Bertz CT molecular complexity index is 449. The summed E-state index contributed by atoms with van der Waals surface area (Å²) < 4.78 is 5.70. The van der Waals surface area contributed by atoms with Crippen molar-refractivity contribution in [2.24, 2.45) is 0 Å². The third kappa shape index (κ3) is 3.02. The van der Waals surface area contributed by atoms with Gasteiger partial charge in [-0.3, -0.25) is 9.69 Å². The van der Waals surface area contributed by atoms with Crippen LogP contribution in [0.3, 0.4) is 0 Å². The molecule has 4 nitrogen and oxygen atoms in total. The molecule has 4 heteroatoms. The molecule has 0 aliphatic carbocycles. The van der Waals surface area contributed by atoms with Gasteiger partial charge in [0, 0.05) is 31.6 Å². The number of fused-ring (bicyclic) bond motifs is 2. The van der Waals surface area contributed by atoms with Crippen LogP contribution in [0.2, 0.25) is 0 Å². The molecule has 108 valence electrons. The molecule has 2 saturated heterocycles. The van der Waals surface area contributed by atoms with Crippen molar-refractivity contribution in [2.45, 2.75) is 44.4 Å². The number of rotatable bonds is 3. The molecule has 2 bridgehead atoms. The molecule has 1 aromatic carbocycles. The van der Waals surface area contributed by atoms with Gasteiger partial charge in [-0.2, -0.15) is 0 Å². The first kappa shape index (κ1) is 13.6. The zero-order valence-electron chi connectivity index (χ0n) is 11.9. The van der Waals surface area contributed by atoms with Gasteiger partial charge >= 0.3 is 0 Å². The van der Waals surface area contributed by atoms with Crippen LogP contribution in [0.15, 0.2) is 30.3 Å². The quantitative estimate of drug-likeness (QED) is 0.909. The van der Waals surface area contributed by atoms with E-state index in [4.69, 9.17) is 4.74 Å². The maximum Gasteiger partial charge on any atom is 0.217 e. The predicted molar refractivity (Wildman–Crippen MR) is 77.2 cm³/mol.